The van der Waals surface area contributed by atoms with E-state index in [9.17, 15) is 10.1 Å². The Hall–Kier alpha value is -2.55. The number of hydrogen-bond donors (Lipinski definition) is 3. The van der Waals surface area contributed by atoms with Gasteiger partial charge in [-0.05, 0) is 14.1 Å². The normalized spacial score (nSPS) is 10.4. The number of methoxy groups -OCH3 is 1. The molecule has 22 heavy (non-hydrogen) atoms. The van der Waals surface area contributed by atoms with Gasteiger partial charge >= 0.3 is 0 Å². The Morgan fingerprint density at radius 1 is 1.41 bits per heavy atom. The van der Waals surface area contributed by atoms with Crippen LogP contribution in [0.4, 0.5) is 17.1 Å². The summed E-state index contributed by atoms with van der Waals surface area (Å²) in [4.78, 5) is 14.6. The van der Waals surface area contributed by atoms with Crippen molar-refractivity contribution in [3.05, 3.63) is 22.2 Å². The van der Waals surface area contributed by atoms with Crippen LogP contribution in [0.1, 0.15) is 0 Å². The minimum atomic E-state index is -0.466. The maximum atomic E-state index is 11.3. The third-order valence-electron chi connectivity index (χ3n) is 3.06. The maximum absolute atomic E-state index is 11.3. The Balaban J connectivity index is 3.25. The Bertz CT molecular complexity index is 561. The number of nitro groups is 1. The Kier molecular flexibility index (Phi) is 5.93. The fourth-order valence-corrected chi connectivity index (χ4v) is 1.89. The SMILES string of the molecule is COc1cc(N(C)CCN(C)C)c([N+](=O)[O-])cc1NC(=N)N. The molecule has 0 atom stereocenters. The molecule has 1 aromatic rings. The van der Waals surface area contributed by atoms with E-state index in [0.717, 1.165) is 6.54 Å². The second-order valence-electron chi connectivity index (χ2n) is 5.06. The molecular formula is C13H22N6O3. The first-order valence-corrected chi connectivity index (χ1v) is 6.59. The van der Waals surface area contributed by atoms with Gasteiger partial charge in [-0.2, -0.15) is 0 Å². The van der Waals surface area contributed by atoms with E-state index in [1.54, 1.807) is 18.0 Å². The van der Waals surface area contributed by atoms with Crippen LogP contribution >= 0.6 is 0 Å². The predicted octanol–water partition coefficient (Wildman–Crippen LogP) is 0.907. The number of likely N-dealkylation sites (N-methyl/N-ethyl adjacent to an activating group) is 2. The Morgan fingerprint density at radius 2 is 2.05 bits per heavy atom. The number of nitrogens with zero attached hydrogens (tertiary/aromatic N) is 3. The molecule has 0 aliphatic heterocycles. The monoisotopic (exact) mass is 310 g/mol. The minimum Gasteiger partial charge on any atom is -0.494 e. The van der Waals surface area contributed by atoms with Crippen molar-refractivity contribution < 1.29 is 9.66 Å². The van der Waals surface area contributed by atoms with E-state index < -0.39 is 4.92 Å². The summed E-state index contributed by atoms with van der Waals surface area (Å²) in [7, 11) is 7.10. The van der Waals surface area contributed by atoms with Gasteiger partial charge in [-0.15, -0.1) is 0 Å². The van der Waals surface area contributed by atoms with Crippen LogP contribution in [0.3, 0.4) is 0 Å². The third-order valence-corrected chi connectivity index (χ3v) is 3.06. The molecule has 0 amide bonds. The molecule has 0 aliphatic carbocycles. The van der Waals surface area contributed by atoms with Gasteiger partial charge in [-0.3, -0.25) is 15.5 Å². The molecule has 0 spiro atoms. The van der Waals surface area contributed by atoms with E-state index in [-0.39, 0.29) is 17.3 Å². The highest BCUT2D eigenvalue weighted by Crippen LogP contribution is 2.37. The van der Waals surface area contributed by atoms with Crippen LogP contribution in [0.25, 0.3) is 0 Å². The zero-order chi connectivity index (χ0) is 16.9. The number of nitrogens with two attached hydrogens (primary N) is 1. The van der Waals surface area contributed by atoms with E-state index in [2.05, 4.69) is 5.32 Å². The molecular weight excluding hydrogens is 288 g/mol. The molecule has 0 saturated carbocycles. The molecule has 4 N–H and O–H groups in total. The van der Waals surface area contributed by atoms with Gasteiger partial charge in [0.25, 0.3) is 5.69 Å². The smallest absolute Gasteiger partial charge is 0.294 e. The van der Waals surface area contributed by atoms with Crippen LogP contribution in [-0.4, -0.2) is 57.1 Å². The van der Waals surface area contributed by atoms with E-state index in [4.69, 9.17) is 15.9 Å². The molecule has 9 heteroatoms. The van der Waals surface area contributed by atoms with Crippen LogP contribution in [0, 0.1) is 15.5 Å². The van der Waals surface area contributed by atoms with Crippen molar-refractivity contribution in [1.82, 2.24) is 4.90 Å². The molecule has 9 nitrogen and oxygen atoms in total. The summed E-state index contributed by atoms with van der Waals surface area (Å²) in [6, 6.07) is 2.89. The van der Waals surface area contributed by atoms with Gasteiger partial charge < -0.3 is 25.6 Å². The van der Waals surface area contributed by atoms with E-state index in [0.29, 0.717) is 18.0 Å². The second kappa shape index (κ2) is 7.46. The standard InChI is InChI=1S/C13H22N6O3/c1-17(2)5-6-18(3)10-8-12(22-4)9(16-13(14)15)7-11(10)19(20)21/h7-8H,5-6H2,1-4H3,(H4,14,15,16). The fourth-order valence-electron chi connectivity index (χ4n) is 1.89. The van der Waals surface area contributed by atoms with Crippen LogP contribution in [0.2, 0.25) is 0 Å². The van der Waals surface area contributed by atoms with Gasteiger partial charge in [0.05, 0.1) is 17.7 Å². The average Bonchev–Trinajstić information content (AvgIpc) is 2.43. The number of nitrogens with one attached hydrogen (secondary N) is 2. The lowest BCUT2D eigenvalue weighted by atomic mass is 10.2. The summed E-state index contributed by atoms with van der Waals surface area (Å²) in [6.45, 7) is 1.37. The average molecular weight is 310 g/mol. The quantitative estimate of drug-likeness (QED) is 0.296. The molecule has 1 aromatic carbocycles. The van der Waals surface area contributed by atoms with Gasteiger partial charge in [0.2, 0.25) is 0 Å². The summed E-state index contributed by atoms with van der Waals surface area (Å²) in [5.74, 6) is 0.0637. The van der Waals surface area contributed by atoms with Crippen molar-refractivity contribution in [2.45, 2.75) is 0 Å². The lowest BCUT2D eigenvalue weighted by molar-refractivity contribution is -0.384. The predicted molar refractivity (Wildman–Crippen MR) is 87.0 cm³/mol. The van der Waals surface area contributed by atoms with Crippen LogP contribution in [0.5, 0.6) is 5.75 Å². The first-order chi connectivity index (χ1) is 10.3. The topological polar surface area (TPSA) is 121 Å². The molecule has 1 rings (SSSR count). The fraction of sp³-hybridized carbons (Fsp3) is 0.462. The summed E-state index contributed by atoms with van der Waals surface area (Å²) in [6.07, 6.45) is 0. The molecule has 122 valence electrons. The molecule has 0 radical (unpaired) electrons. The summed E-state index contributed by atoms with van der Waals surface area (Å²) >= 11 is 0. The highest BCUT2D eigenvalue weighted by Gasteiger charge is 2.22. The number of hydrogen-bond acceptors (Lipinski definition) is 6. The van der Waals surface area contributed by atoms with Gasteiger partial charge in [0.15, 0.2) is 5.96 Å². The van der Waals surface area contributed by atoms with E-state index in [1.807, 2.05) is 19.0 Å². The number of rotatable bonds is 7. The van der Waals surface area contributed by atoms with Crippen LogP contribution in [-0.2, 0) is 0 Å². The maximum Gasteiger partial charge on any atom is 0.294 e. The summed E-state index contributed by atoms with van der Waals surface area (Å²) in [5, 5.41) is 21.1. The zero-order valence-electron chi connectivity index (χ0n) is 13.2. The first kappa shape index (κ1) is 17.5. The largest absolute Gasteiger partial charge is 0.494 e. The lowest BCUT2D eigenvalue weighted by Crippen LogP contribution is -2.29. The molecule has 0 aromatic heterocycles. The van der Waals surface area contributed by atoms with Crippen molar-refractivity contribution in [1.29, 1.82) is 5.41 Å². The molecule has 0 heterocycles. The molecule has 0 bridgehead atoms. The molecule has 0 aliphatic rings. The van der Waals surface area contributed by atoms with Crippen LogP contribution < -0.4 is 20.7 Å². The van der Waals surface area contributed by atoms with Crippen molar-refractivity contribution in [2.24, 2.45) is 5.73 Å². The van der Waals surface area contributed by atoms with Gasteiger partial charge in [-0.1, -0.05) is 0 Å². The Morgan fingerprint density at radius 3 is 2.50 bits per heavy atom. The molecule has 0 fully saturated rings. The van der Waals surface area contributed by atoms with Gasteiger partial charge in [-0.25, -0.2) is 0 Å². The summed E-state index contributed by atoms with van der Waals surface area (Å²) in [5.41, 5.74) is 5.93. The van der Waals surface area contributed by atoms with Crippen molar-refractivity contribution >= 4 is 23.0 Å². The second-order valence-corrected chi connectivity index (χ2v) is 5.06. The van der Waals surface area contributed by atoms with Crippen molar-refractivity contribution in [3.8, 4) is 5.75 Å². The van der Waals surface area contributed by atoms with Crippen LogP contribution in [0.15, 0.2) is 12.1 Å². The zero-order valence-corrected chi connectivity index (χ0v) is 13.2. The minimum absolute atomic E-state index is 0.0780. The van der Waals surface area contributed by atoms with Gasteiger partial charge in [0.1, 0.15) is 11.4 Å². The highest BCUT2D eigenvalue weighted by molar-refractivity contribution is 5.93. The van der Waals surface area contributed by atoms with Crippen molar-refractivity contribution in [2.75, 3.05) is 51.6 Å². The van der Waals surface area contributed by atoms with Gasteiger partial charge in [0, 0.05) is 32.3 Å². The number of benzene rings is 1. The van der Waals surface area contributed by atoms with E-state index >= 15 is 0 Å². The molecule has 0 saturated heterocycles. The van der Waals surface area contributed by atoms with Crippen molar-refractivity contribution in [3.63, 3.8) is 0 Å². The number of nitro benzene ring substituents is 1. The third kappa shape index (κ3) is 4.48. The van der Waals surface area contributed by atoms with E-state index in [1.165, 1.54) is 13.2 Å². The lowest BCUT2D eigenvalue weighted by Gasteiger charge is -2.22. The number of ether oxygens (including phenoxy) is 1. The highest BCUT2D eigenvalue weighted by atomic mass is 16.6. The first-order valence-electron chi connectivity index (χ1n) is 6.59. The Labute approximate surface area is 129 Å². The number of guanidine groups is 1. The molecule has 0 unspecified atom stereocenters. The number of anilines is 2. The summed E-state index contributed by atoms with van der Waals surface area (Å²) < 4.78 is 5.22.